The van der Waals surface area contributed by atoms with Crippen LogP contribution in [0, 0.1) is 5.92 Å². The third-order valence-corrected chi connectivity index (χ3v) is 3.76. The second kappa shape index (κ2) is 5.34. The summed E-state index contributed by atoms with van der Waals surface area (Å²) in [5, 5.41) is 12.3. The normalized spacial score (nSPS) is 20.6. The van der Waals surface area contributed by atoms with Crippen LogP contribution in [0.15, 0.2) is 11.3 Å². The quantitative estimate of drug-likeness (QED) is 0.843. The third kappa shape index (κ3) is 2.98. The molecule has 1 unspecified atom stereocenters. The summed E-state index contributed by atoms with van der Waals surface area (Å²) >= 11 is 1.81. The number of hydrogen-bond acceptors (Lipinski definition) is 5. The molecule has 1 aromatic rings. The minimum Gasteiger partial charge on any atom is -0.364 e. The highest BCUT2D eigenvalue weighted by Gasteiger charge is 2.11. The third-order valence-electron chi connectivity index (χ3n) is 2.48. The van der Waals surface area contributed by atoms with Crippen molar-refractivity contribution in [3.63, 3.8) is 0 Å². The van der Waals surface area contributed by atoms with Crippen LogP contribution < -0.4 is 5.32 Å². The van der Waals surface area contributed by atoms with Crippen LogP contribution in [-0.4, -0.2) is 38.8 Å². The van der Waals surface area contributed by atoms with Crippen molar-refractivity contribution in [3.05, 3.63) is 12.2 Å². The summed E-state index contributed by atoms with van der Waals surface area (Å²) in [4.78, 5) is 4.48. The Morgan fingerprint density at radius 2 is 2.50 bits per heavy atom. The molecule has 0 fully saturated rings. The van der Waals surface area contributed by atoms with Gasteiger partial charge in [0.05, 0.1) is 0 Å². The Labute approximate surface area is 99.7 Å². The van der Waals surface area contributed by atoms with E-state index in [1.54, 1.807) is 6.33 Å². The van der Waals surface area contributed by atoms with Crippen molar-refractivity contribution in [1.82, 2.24) is 20.1 Å². The van der Waals surface area contributed by atoms with Gasteiger partial charge in [-0.15, -0.1) is 10.2 Å². The van der Waals surface area contributed by atoms with Crippen molar-refractivity contribution in [3.8, 4) is 0 Å². The first-order chi connectivity index (χ1) is 7.75. The van der Waals surface area contributed by atoms with Gasteiger partial charge in [-0.2, -0.15) is 0 Å². The summed E-state index contributed by atoms with van der Waals surface area (Å²) in [6.07, 6.45) is 2.61. The Balaban J connectivity index is 1.74. The molecule has 0 saturated carbocycles. The van der Waals surface area contributed by atoms with Crippen LogP contribution in [-0.2, 0) is 13.5 Å². The van der Waals surface area contributed by atoms with Gasteiger partial charge < -0.3 is 9.88 Å². The number of amidine groups is 1. The predicted octanol–water partition coefficient (Wildman–Crippen LogP) is 0.686. The minimum atomic E-state index is 0.703. The molecule has 88 valence electrons. The Kier molecular flexibility index (Phi) is 3.82. The summed E-state index contributed by atoms with van der Waals surface area (Å²) in [7, 11) is 1.96. The number of nitrogens with one attached hydrogen (secondary N) is 1. The number of rotatable bonds is 3. The van der Waals surface area contributed by atoms with E-state index in [9.17, 15) is 0 Å². The van der Waals surface area contributed by atoms with E-state index < -0.39 is 0 Å². The summed E-state index contributed by atoms with van der Waals surface area (Å²) in [5.41, 5.74) is 0. The fraction of sp³-hybridized carbons (Fsp3) is 0.700. The van der Waals surface area contributed by atoms with Gasteiger partial charge in [-0.05, 0) is 5.92 Å². The molecule has 1 atom stereocenters. The lowest BCUT2D eigenvalue weighted by Crippen LogP contribution is -2.28. The van der Waals surface area contributed by atoms with Crippen molar-refractivity contribution in [1.29, 1.82) is 0 Å². The second-order valence-electron chi connectivity index (χ2n) is 4.10. The highest BCUT2D eigenvalue weighted by Crippen LogP contribution is 2.15. The molecule has 1 aliphatic heterocycles. The average molecular weight is 239 g/mol. The molecule has 0 saturated heterocycles. The molecular weight excluding hydrogens is 222 g/mol. The van der Waals surface area contributed by atoms with Crippen LogP contribution in [0.1, 0.15) is 12.7 Å². The van der Waals surface area contributed by atoms with Crippen LogP contribution >= 0.6 is 11.8 Å². The van der Waals surface area contributed by atoms with Gasteiger partial charge in [-0.25, -0.2) is 0 Å². The lowest BCUT2D eigenvalue weighted by atomic mass is 10.2. The van der Waals surface area contributed by atoms with E-state index >= 15 is 0 Å². The van der Waals surface area contributed by atoms with E-state index in [0.717, 1.165) is 36.3 Å². The highest BCUT2D eigenvalue weighted by molar-refractivity contribution is 8.13. The molecule has 1 N–H and O–H groups in total. The zero-order chi connectivity index (χ0) is 11.4. The number of aliphatic imine (C=N–C) groups is 1. The van der Waals surface area contributed by atoms with Crippen LogP contribution in [0.25, 0.3) is 0 Å². The van der Waals surface area contributed by atoms with E-state index in [0.29, 0.717) is 5.92 Å². The van der Waals surface area contributed by atoms with E-state index in [4.69, 9.17) is 0 Å². The van der Waals surface area contributed by atoms with Gasteiger partial charge >= 0.3 is 0 Å². The van der Waals surface area contributed by atoms with Gasteiger partial charge in [0.1, 0.15) is 12.2 Å². The number of aromatic nitrogens is 3. The topological polar surface area (TPSA) is 55.1 Å². The van der Waals surface area contributed by atoms with Crippen LogP contribution in [0.3, 0.4) is 0 Å². The minimum absolute atomic E-state index is 0.703. The molecule has 0 radical (unpaired) electrons. The molecule has 5 nitrogen and oxygen atoms in total. The summed E-state index contributed by atoms with van der Waals surface area (Å²) in [6, 6.07) is 0. The molecule has 2 rings (SSSR count). The van der Waals surface area contributed by atoms with Crippen molar-refractivity contribution in [2.24, 2.45) is 18.0 Å². The lowest BCUT2D eigenvalue weighted by molar-refractivity contribution is 0.667. The molecule has 2 heterocycles. The van der Waals surface area contributed by atoms with Gasteiger partial charge in [-0.1, -0.05) is 18.7 Å². The zero-order valence-electron chi connectivity index (χ0n) is 9.68. The molecule has 1 aromatic heterocycles. The number of hydrogen-bond donors (Lipinski definition) is 1. The molecule has 6 heteroatoms. The SMILES string of the molecule is CC1CN=C(NCCc2nncn2C)SC1. The Bertz CT molecular complexity index is 373. The number of aryl methyl sites for hydroxylation is 1. The first kappa shape index (κ1) is 11.4. The Morgan fingerprint density at radius 3 is 3.12 bits per heavy atom. The molecular formula is C10H17N5S. The predicted molar refractivity (Wildman–Crippen MR) is 66.6 cm³/mol. The summed E-state index contributed by atoms with van der Waals surface area (Å²) < 4.78 is 1.94. The lowest BCUT2D eigenvalue weighted by Gasteiger charge is -2.17. The standard InChI is InChI=1S/C10H17N5S/c1-8-5-12-10(16-6-8)11-4-3-9-14-13-7-15(9)2/h7-8H,3-6H2,1-2H3,(H,11,12). The average Bonchev–Trinajstić information content (AvgIpc) is 2.68. The summed E-state index contributed by atoms with van der Waals surface area (Å²) in [5.74, 6) is 2.87. The fourth-order valence-corrected chi connectivity index (χ4v) is 2.40. The smallest absolute Gasteiger partial charge is 0.156 e. The molecule has 0 aromatic carbocycles. The van der Waals surface area contributed by atoms with Crippen molar-refractivity contribution < 1.29 is 0 Å². The zero-order valence-corrected chi connectivity index (χ0v) is 10.5. The van der Waals surface area contributed by atoms with Gasteiger partial charge in [0, 0.05) is 32.3 Å². The molecule has 1 aliphatic rings. The maximum Gasteiger partial charge on any atom is 0.156 e. The van der Waals surface area contributed by atoms with Gasteiger partial charge in [0.25, 0.3) is 0 Å². The van der Waals surface area contributed by atoms with E-state index in [2.05, 4.69) is 27.4 Å². The van der Waals surface area contributed by atoms with Gasteiger partial charge in [0.2, 0.25) is 0 Å². The van der Waals surface area contributed by atoms with Crippen molar-refractivity contribution in [2.45, 2.75) is 13.3 Å². The first-order valence-electron chi connectivity index (χ1n) is 5.49. The fourth-order valence-electron chi connectivity index (χ4n) is 1.48. The highest BCUT2D eigenvalue weighted by atomic mass is 32.2. The van der Waals surface area contributed by atoms with Crippen LogP contribution in [0.4, 0.5) is 0 Å². The van der Waals surface area contributed by atoms with Crippen LogP contribution in [0.2, 0.25) is 0 Å². The van der Waals surface area contributed by atoms with E-state index in [-0.39, 0.29) is 0 Å². The van der Waals surface area contributed by atoms with Gasteiger partial charge in [-0.3, -0.25) is 4.99 Å². The number of nitrogens with zero attached hydrogens (tertiary/aromatic N) is 4. The first-order valence-corrected chi connectivity index (χ1v) is 6.48. The monoisotopic (exact) mass is 239 g/mol. The maximum atomic E-state index is 4.48. The number of thioether (sulfide) groups is 1. The van der Waals surface area contributed by atoms with E-state index in [1.165, 1.54) is 0 Å². The maximum absolute atomic E-state index is 4.48. The molecule has 0 amide bonds. The molecule has 0 spiro atoms. The largest absolute Gasteiger partial charge is 0.364 e. The molecule has 16 heavy (non-hydrogen) atoms. The Morgan fingerprint density at radius 1 is 1.62 bits per heavy atom. The molecule has 0 aliphatic carbocycles. The van der Waals surface area contributed by atoms with E-state index in [1.807, 2.05) is 23.4 Å². The van der Waals surface area contributed by atoms with Gasteiger partial charge in [0.15, 0.2) is 5.17 Å². The van der Waals surface area contributed by atoms with Crippen molar-refractivity contribution in [2.75, 3.05) is 18.8 Å². The molecule has 0 bridgehead atoms. The van der Waals surface area contributed by atoms with Crippen LogP contribution in [0.5, 0.6) is 0 Å². The summed E-state index contributed by atoms with van der Waals surface area (Å²) in [6.45, 7) is 4.04. The van der Waals surface area contributed by atoms with Crippen molar-refractivity contribution >= 4 is 16.9 Å². The second-order valence-corrected chi connectivity index (χ2v) is 5.11. The Hall–Kier alpha value is -1.04.